The van der Waals surface area contributed by atoms with Crippen molar-refractivity contribution >= 4 is 23.7 Å². The molecule has 2 heterocycles. The molecular formula is C21H17ClN2O4. The summed E-state index contributed by atoms with van der Waals surface area (Å²) in [6, 6.07) is 14.3. The predicted molar refractivity (Wildman–Crippen MR) is 106 cm³/mol. The highest BCUT2D eigenvalue weighted by molar-refractivity contribution is 6.31. The standard InChI is InChI=1S/C21H17ClN2O4/c1-13-2-3-14(10-17(13)22)18-7-5-16(28-18)12-23-24-21(25)15-4-6-19-20(11-15)27-9-8-26-19/h2-7,10-12H,8-9H2,1H3,(H,24,25)/b23-12-. The summed E-state index contributed by atoms with van der Waals surface area (Å²) in [5, 5.41) is 4.63. The van der Waals surface area contributed by atoms with Crippen molar-refractivity contribution in [2.45, 2.75) is 6.92 Å². The topological polar surface area (TPSA) is 73.1 Å². The van der Waals surface area contributed by atoms with Crippen LogP contribution in [-0.2, 0) is 0 Å². The largest absolute Gasteiger partial charge is 0.486 e. The monoisotopic (exact) mass is 396 g/mol. The molecular weight excluding hydrogens is 380 g/mol. The average Bonchev–Trinajstić information content (AvgIpc) is 3.18. The summed E-state index contributed by atoms with van der Waals surface area (Å²) in [7, 11) is 0. The molecule has 1 aromatic heterocycles. The summed E-state index contributed by atoms with van der Waals surface area (Å²) in [6.45, 7) is 2.91. The molecule has 0 saturated carbocycles. The Hall–Kier alpha value is -3.25. The Bertz CT molecular complexity index is 1060. The van der Waals surface area contributed by atoms with Gasteiger partial charge in [0.2, 0.25) is 0 Å². The Morgan fingerprint density at radius 3 is 2.71 bits per heavy atom. The Kier molecular flexibility index (Phi) is 5.04. The first-order chi connectivity index (χ1) is 13.6. The van der Waals surface area contributed by atoms with Crippen LogP contribution in [0.2, 0.25) is 5.02 Å². The van der Waals surface area contributed by atoms with E-state index in [2.05, 4.69) is 10.5 Å². The van der Waals surface area contributed by atoms with Crippen molar-refractivity contribution in [3.63, 3.8) is 0 Å². The van der Waals surface area contributed by atoms with Crippen LogP contribution in [0.25, 0.3) is 11.3 Å². The lowest BCUT2D eigenvalue weighted by Gasteiger charge is -2.18. The van der Waals surface area contributed by atoms with Crippen LogP contribution < -0.4 is 14.9 Å². The van der Waals surface area contributed by atoms with E-state index in [0.717, 1.165) is 11.1 Å². The van der Waals surface area contributed by atoms with Crippen molar-refractivity contribution in [1.29, 1.82) is 0 Å². The minimum atomic E-state index is -0.356. The molecule has 1 N–H and O–H groups in total. The van der Waals surface area contributed by atoms with E-state index < -0.39 is 0 Å². The lowest BCUT2D eigenvalue weighted by atomic mass is 10.1. The number of furan rings is 1. The minimum absolute atomic E-state index is 0.356. The number of hydrogen-bond donors (Lipinski definition) is 1. The lowest BCUT2D eigenvalue weighted by Crippen LogP contribution is -2.19. The normalized spacial score (nSPS) is 12.9. The van der Waals surface area contributed by atoms with Crippen LogP contribution in [-0.4, -0.2) is 25.3 Å². The van der Waals surface area contributed by atoms with E-state index in [4.69, 9.17) is 25.5 Å². The third-order valence-electron chi connectivity index (χ3n) is 4.25. The van der Waals surface area contributed by atoms with Gasteiger partial charge in [-0.2, -0.15) is 5.10 Å². The van der Waals surface area contributed by atoms with E-state index in [1.54, 1.807) is 24.3 Å². The van der Waals surface area contributed by atoms with E-state index in [1.165, 1.54) is 6.21 Å². The number of fused-ring (bicyclic) bond motifs is 1. The summed E-state index contributed by atoms with van der Waals surface area (Å²) in [5.41, 5.74) is 4.77. The number of benzene rings is 2. The number of nitrogens with one attached hydrogen (secondary N) is 1. The highest BCUT2D eigenvalue weighted by atomic mass is 35.5. The van der Waals surface area contributed by atoms with Crippen LogP contribution in [0.5, 0.6) is 11.5 Å². The first-order valence-electron chi connectivity index (χ1n) is 8.69. The number of hydrazone groups is 1. The lowest BCUT2D eigenvalue weighted by molar-refractivity contribution is 0.0954. The quantitative estimate of drug-likeness (QED) is 0.522. The fraction of sp³-hybridized carbons (Fsp3) is 0.143. The summed E-state index contributed by atoms with van der Waals surface area (Å²) >= 11 is 6.16. The number of halogens is 1. The molecule has 0 bridgehead atoms. The molecule has 2 aromatic carbocycles. The second-order valence-electron chi connectivity index (χ2n) is 6.22. The fourth-order valence-electron chi connectivity index (χ4n) is 2.73. The van der Waals surface area contributed by atoms with Gasteiger partial charge in [-0.25, -0.2) is 5.43 Å². The van der Waals surface area contributed by atoms with E-state index in [9.17, 15) is 4.79 Å². The number of nitrogens with zero attached hydrogens (tertiary/aromatic N) is 1. The van der Waals surface area contributed by atoms with E-state index >= 15 is 0 Å². The second-order valence-corrected chi connectivity index (χ2v) is 6.63. The molecule has 0 radical (unpaired) electrons. The second kappa shape index (κ2) is 7.78. The summed E-state index contributed by atoms with van der Waals surface area (Å²) in [5.74, 6) is 2.00. The highest BCUT2D eigenvalue weighted by Crippen LogP contribution is 2.30. The molecule has 3 aromatic rings. The summed E-state index contributed by atoms with van der Waals surface area (Å²) < 4.78 is 16.7. The molecule has 1 aliphatic heterocycles. The van der Waals surface area contributed by atoms with Crippen LogP contribution in [0.4, 0.5) is 0 Å². The van der Waals surface area contributed by atoms with Crippen LogP contribution >= 0.6 is 11.6 Å². The Balaban J connectivity index is 1.41. The van der Waals surface area contributed by atoms with E-state index in [-0.39, 0.29) is 5.91 Å². The van der Waals surface area contributed by atoms with Crippen molar-refractivity contribution in [2.75, 3.05) is 13.2 Å². The highest BCUT2D eigenvalue weighted by Gasteiger charge is 2.14. The molecule has 142 valence electrons. The molecule has 4 rings (SSSR count). The zero-order chi connectivity index (χ0) is 19.5. The van der Waals surface area contributed by atoms with Crippen molar-refractivity contribution in [1.82, 2.24) is 5.43 Å². The van der Waals surface area contributed by atoms with Gasteiger partial charge in [-0.1, -0.05) is 23.7 Å². The summed E-state index contributed by atoms with van der Waals surface area (Å²) in [4.78, 5) is 12.3. The van der Waals surface area contributed by atoms with Crippen LogP contribution in [0.3, 0.4) is 0 Å². The van der Waals surface area contributed by atoms with Crippen molar-refractivity contribution in [3.05, 3.63) is 70.4 Å². The first kappa shape index (κ1) is 18.1. The molecule has 0 atom stereocenters. The van der Waals surface area contributed by atoms with Gasteiger partial charge in [-0.15, -0.1) is 0 Å². The Labute approximate surface area is 166 Å². The number of rotatable bonds is 4. The molecule has 6 nitrogen and oxygen atoms in total. The summed E-state index contributed by atoms with van der Waals surface area (Å²) in [6.07, 6.45) is 1.44. The van der Waals surface area contributed by atoms with Crippen LogP contribution in [0.15, 0.2) is 58.0 Å². The number of carbonyl (C=O) groups is 1. The maximum absolute atomic E-state index is 12.3. The number of ether oxygens (including phenoxy) is 2. The number of aryl methyl sites for hydroxylation is 1. The van der Waals surface area contributed by atoms with Gasteiger partial charge in [0.15, 0.2) is 11.5 Å². The number of carbonyl (C=O) groups excluding carboxylic acids is 1. The smallest absolute Gasteiger partial charge is 0.271 e. The van der Waals surface area contributed by atoms with Gasteiger partial charge in [0.05, 0.1) is 6.21 Å². The van der Waals surface area contributed by atoms with Gasteiger partial charge in [0, 0.05) is 16.1 Å². The van der Waals surface area contributed by atoms with Gasteiger partial charge < -0.3 is 13.9 Å². The zero-order valence-corrected chi connectivity index (χ0v) is 15.8. The molecule has 7 heteroatoms. The van der Waals surface area contributed by atoms with E-state index in [1.807, 2.05) is 31.2 Å². The zero-order valence-electron chi connectivity index (χ0n) is 15.1. The maximum atomic E-state index is 12.3. The molecule has 1 amide bonds. The number of hydrogen-bond acceptors (Lipinski definition) is 5. The fourth-order valence-corrected chi connectivity index (χ4v) is 2.91. The van der Waals surface area contributed by atoms with Crippen molar-refractivity contribution in [2.24, 2.45) is 5.10 Å². The maximum Gasteiger partial charge on any atom is 0.271 e. The van der Waals surface area contributed by atoms with Crippen LogP contribution in [0.1, 0.15) is 21.7 Å². The van der Waals surface area contributed by atoms with Crippen LogP contribution in [0, 0.1) is 6.92 Å². The minimum Gasteiger partial charge on any atom is -0.486 e. The molecule has 0 fully saturated rings. The molecule has 28 heavy (non-hydrogen) atoms. The van der Waals surface area contributed by atoms with Crippen molar-refractivity contribution < 1.29 is 18.7 Å². The van der Waals surface area contributed by atoms with Crippen molar-refractivity contribution in [3.8, 4) is 22.8 Å². The first-order valence-corrected chi connectivity index (χ1v) is 9.07. The number of amides is 1. The average molecular weight is 397 g/mol. The van der Waals surface area contributed by atoms with Gasteiger partial charge in [0.1, 0.15) is 24.7 Å². The molecule has 1 aliphatic rings. The molecule has 0 saturated heterocycles. The SMILES string of the molecule is Cc1ccc(-c2ccc(/C=N\NC(=O)c3ccc4c(c3)OCCO4)o2)cc1Cl. The van der Waals surface area contributed by atoms with Gasteiger partial charge in [-0.3, -0.25) is 4.79 Å². The molecule has 0 spiro atoms. The van der Waals surface area contributed by atoms with Gasteiger partial charge in [-0.05, 0) is 48.9 Å². The van der Waals surface area contributed by atoms with Gasteiger partial charge >= 0.3 is 0 Å². The Morgan fingerprint density at radius 2 is 1.89 bits per heavy atom. The van der Waals surface area contributed by atoms with E-state index in [0.29, 0.717) is 46.8 Å². The third kappa shape index (κ3) is 3.87. The molecule has 0 unspecified atom stereocenters. The Morgan fingerprint density at radius 1 is 1.07 bits per heavy atom. The third-order valence-corrected chi connectivity index (χ3v) is 4.65. The molecule has 0 aliphatic carbocycles. The van der Waals surface area contributed by atoms with Gasteiger partial charge in [0.25, 0.3) is 5.91 Å². The predicted octanol–water partition coefficient (Wildman–Crippen LogP) is 4.44.